The topological polar surface area (TPSA) is 21.3 Å². The molecule has 0 aliphatic carbocycles. The zero-order chi connectivity index (χ0) is 29.6. The predicted octanol–water partition coefficient (Wildman–Crippen LogP) is 14.5. The van der Waals surface area contributed by atoms with Crippen molar-refractivity contribution in [2.24, 2.45) is 0 Å². The first-order valence-corrected chi connectivity index (χ1v) is 20.2. The van der Waals surface area contributed by atoms with Crippen LogP contribution in [0.4, 0.5) is 0 Å². The van der Waals surface area contributed by atoms with Gasteiger partial charge in [0.2, 0.25) is 0 Å². The summed E-state index contributed by atoms with van der Waals surface area (Å²) >= 11 is 1.40. The summed E-state index contributed by atoms with van der Waals surface area (Å²) in [5.41, 5.74) is 0. The van der Waals surface area contributed by atoms with E-state index in [0.717, 1.165) is 13.2 Å². The van der Waals surface area contributed by atoms with Crippen molar-refractivity contribution < 1.29 is 4.18 Å². The molecule has 0 heterocycles. The van der Waals surface area contributed by atoms with E-state index in [-0.39, 0.29) is 0 Å². The highest BCUT2D eigenvalue weighted by Crippen LogP contribution is 2.17. The summed E-state index contributed by atoms with van der Waals surface area (Å²) in [5.74, 6) is 0. The van der Waals surface area contributed by atoms with Crippen molar-refractivity contribution >= 4 is 12.2 Å². The van der Waals surface area contributed by atoms with E-state index in [2.05, 4.69) is 11.6 Å². The van der Waals surface area contributed by atoms with Gasteiger partial charge in [0.05, 0.1) is 18.8 Å². The van der Waals surface area contributed by atoms with Crippen LogP contribution in [0.1, 0.15) is 232 Å². The lowest BCUT2D eigenvalue weighted by molar-refractivity contribution is 0.397. The minimum Gasteiger partial charge on any atom is -0.302 e. The Morgan fingerprint density at radius 2 is 0.537 bits per heavy atom. The first-order valence-electron chi connectivity index (χ1n) is 19.4. The van der Waals surface area contributed by atoms with Gasteiger partial charge >= 0.3 is 0 Å². The third-order valence-electron chi connectivity index (χ3n) is 8.87. The highest BCUT2D eigenvalue weighted by molar-refractivity contribution is 7.92. The molecular weight excluding hydrogens is 518 g/mol. The maximum absolute atomic E-state index is 5.21. The summed E-state index contributed by atoms with van der Waals surface area (Å²) in [7, 11) is 0. The van der Waals surface area contributed by atoms with E-state index in [1.54, 1.807) is 0 Å². The van der Waals surface area contributed by atoms with E-state index in [9.17, 15) is 0 Å². The van der Waals surface area contributed by atoms with Crippen LogP contribution < -0.4 is 4.72 Å². The first kappa shape index (κ1) is 41.3. The Bertz CT molecular complexity index is 394. The molecule has 0 amide bonds. The van der Waals surface area contributed by atoms with Gasteiger partial charge in [-0.1, -0.05) is 219 Å². The number of unbranched alkanes of at least 4 members (excludes halogenated alkanes) is 33. The standard InChI is InChI=1S/C38H79NOS/c1-3-5-6-7-8-9-10-11-12-13-14-15-16-17-18-19-20-21-22-23-24-25-26-27-28-29-30-31-32-33-34-35-36-37-38-39-41-40-4-2/h39H,3-38H2,1-2H3. The van der Waals surface area contributed by atoms with Gasteiger partial charge in [0.15, 0.2) is 0 Å². The Morgan fingerprint density at radius 3 is 0.756 bits per heavy atom. The Labute approximate surface area is 265 Å². The van der Waals surface area contributed by atoms with E-state index in [0.29, 0.717) is 0 Å². The van der Waals surface area contributed by atoms with E-state index in [1.165, 1.54) is 231 Å². The lowest BCUT2D eigenvalue weighted by Crippen LogP contribution is -2.06. The zero-order valence-electron chi connectivity index (χ0n) is 28.8. The molecule has 3 heteroatoms. The van der Waals surface area contributed by atoms with E-state index in [4.69, 9.17) is 4.18 Å². The van der Waals surface area contributed by atoms with Gasteiger partial charge in [-0.05, 0) is 13.3 Å². The molecule has 1 N–H and O–H groups in total. The fourth-order valence-electron chi connectivity index (χ4n) is 6.07. The molecule has 0 saturated heterocycles. The monoisotopic (exact) mass is 598 g/mol. The molecule has 0 aliphatic rings. The maximum Gasteiger partial charge on any atom is 0.0788 e. The summed E-state index contributed by atoms with van der Waals surface area (Å²) < 4.78 is 8.47. The number of hydrogen-bond acceptors (Lipinski definition) is 3. The van der Waals surface area contributed by atoms with Gasteiger partial charge < -0.3 is 4.18 Å². The molecule has 0 aliphatic heterocycles. The Balaban J connectivity index is 3.02. The molecule has 0 bridgehead atoms. The molecule has 0 spiro atoms. The number of hydrogen-bond donors (Lipinski definition) is 1. The Hall–Kier alpha value is 0.270. The van der Waals surface area contributed by atoms with Crippen molar-refractivity contribution in [2.75, 3.05) is 13.2 Å². The lowest BCUT2D eigenvalue weighted by Gasteiger charge is -2.05. The van der Waals surface area contributed by atoms with Gasteiger partial charge in [0, 0.05) is 6.54 Å². The van der Waals surface area contributed by atoms with Crippen molar-refractivity contribution in [3.8, 4) is 0 Å². The molecule has 248 valence electrons. The Morgan fingerprint density at radius 1 is 0.317 bits per heavy atom. The van der Waals surface area contributed by atoms with Gasteiger partial charge in [-0.15, -0.1) is 0 Å². The quantitative estimate of drug-likeness (QED) is 0.0434. The van der Waals surface area contributed by atoms with Crippen LogP contribution in [0.25, 0.3) is 0 Å². The molecule has 0 saturated carbocycles. The van der Waals surface area contributed by atoms with Crippen LogP contribution in [0.2, 0.25) is 0 Å². The smallest absolute Gasteiger partial charge is 0.0788 e. The highest BCUT2D eigenvalue weighted by atomic mass is 32.2. The van der Waals surface area contributed by atoms with Gasteiger partial charge in [-0.25, -0.2) is 4.72 Å². The van der Waals surface area contributed by atoms with Crippen LogP contribution in [-0.4, -0.2) is 13.2 Å². The average molecular weight is 598 g/mol. The second-order valence-electron chi connectivity index (χ2n) is 13.1. The molecule has 0 aromatic heterocycles. The SMILES string of the molecule is CCCCCCCCCCCCCCCCCCCCCCCCCCCCCCCCCCCCNSOCC. The largest absolute Gasteiger partial charge is 0.302 e. The van der Waals surface area contributed by atoms with Crippen molar-refractivity contribution in [3.63, 3.8) is 0 Å². The van der Waals surface area contributed by atoms with Crippen LogP contribution in [0.5, 0.6) is 0 Å². The molecular formula is C38H79NOS. The molecule has 0 aromatic carbocycles. The van der Waals surface area contributed by atoms with E-state index >= 15 is 0 Å². The van der Waals surface area contributed by atoms with Crippen molar-refractivity contribution in [1.29, 1.82) is 0 Å². The second-order valence-corrected chi connectivity index (χ2v) is 13.7. The molecule has 0 aromatic rings. The predicted molar refractivity (Wildman–Crippen MR) is 190 cm³/mol. The van der Waals surface area contributed by atoms with Crippen molar-refractivity contribution in [3.05, 3.63) is 0 Å². The minimum atomic E-state index is 0.775. The van der Waals surface area contributed by atoms with Crippen molar-refractivity contribution in [1.82, 2.24) is 4.72 Å². The fraction of sp³-hybridized carbons (Fsp3) is 1.00. The lowest BCUT2D eigenvalue weighted by atomic mass is 10.0. The third-order valence-corrected chi connectivity index (χ3v) is 9.54. The summed E-state index contributed by atoms with van der Waals surface area (Å²) in [5, 5.41) is 0. The molecule has 41 heavy (non-hydrogen) atoms. The van der Waals surface area contributed by atoms with Crippen LogP contribution in [0.15, 0.2) is 0 Å². The maximum atomic E-state index is 5.21. The Kier molecular flexibility index (Phi) is 40.5. The minimum absolute atomic E-state index is 0.775. The molecule has 0 atom stereocenters. The van der Waals surface area contributed by atoms with Crippen LogP contribution in [0, 0.1) is 0 Å². The van der Waals surface area contributed by atoms with Gasteiger partial charge in [0.1, 0.15) is 0 Å². The highest BCUT2D eigenvalue weighted by Gasteiger charge is 1.97. The van der Waals surface area contributed by atoms with Crippen LogP contribution in [-0.2, 0) is 4.18 Å². The summed E-state index contributed by atoms with van der Waals surface area (Å²) in [6.07, 6.45) is 49.8. The summed E-state index contributed by atoms with van der Waals surface area (Å²) in [6.45, 7) is 6.18. The molecule has 0 radical (unpaired) electrons. The number of rotatable bonds is 38. The van der Waals surface area contributed by atoms with Gasteiger partial charge in [-0.3, -0.25) is 0 Å². The molecule has 2 nitrogen and oxygen atoms in total. The van der Waals surface area contributed by atoms with E-state index in [1.807, 2.05) is 6.92 Å². The van der Waals surface area contributed by atoms with Crippen LogP contribution >= 0.6 is 12.2 Å². The van der Waals surface area contributed by atoms with Gasteiger partial charge in [-0.2, -0.15) is 0 Å². The zero-order valence-corrected chi connectivity index (χ0v) is 29.6. The van der Waals surface area contributed by atoms with Crippen LogP contribution in [0.3, 0.4) is 0 Å². The molecule has 0 fully saturated rings. The molecule has 0 rings (SSSR count). The van der Waals surface area contributed by atoms with Gasteiger partial charge in [0.25, 0.3) is 0 Å². The average Bonchev–Trinajstić information content (AvgIpc) is 2.98. The third kappa shape index (κ3) is 40.3. The van der Waals surface area contributed by atoms with E-state index < -0.39 is 0 Å². The first-order chi connectivity index (χ1) is 20.4. The summed E-state index contributed by atoms with van der Waals surface area (Å²) in [4.78, 5) is 0. The normalized spacial score (nSPS) is 11.6. The van der Waals surface area contributed by atoms with Crippen molar-refractivity contribution in [2.45, 2.75) is 232 Å². The second kappa shape index (κ2) is 40.3. The fourth-order valence-corrected chi connectivity index (χ4v) is 6.50. The summed E-state index contributed by atoms with van der Waals surface area (Å²) in [6, 6.07) is 0. The number of nitrogens with one attached hydrogen (secondary N) is 1. The molecule has 0 unspecified atom stereocenters.